The number of anilines is 1. The third-order valence-corrected chi connectivity index (χ3v) is 2.43. The normalized spacial score (nSPS) is 10.2. The second-order valence-electron chi connectivity index (χ2n) is 3.36. The quantitative estimate of drug-likeness (QED) is 0.851. The van der Waals surface area contributed by atoms with Gasteiger partial charge in [0, 0.05) is 16.7 Å². The molecule has 1 aromatic carbocycles. The van der Waals surface area contributed by atoms with Gasteiger partial charge in [-0.2, -0.15) is 0 Å². The van der Waals surface area contributed by atoms with E-state index in [4.69, 9.17) is 22.1 Å². The summed E-state index contributed by atoms with van der Waals surface area (Å²) >= 11 is 5.90. The molecular formula is C11H10ClN3O2. The maximum Gasteiger partial charge on any atom is 0.252 e. The number of nitrogens with one attached hydrogen (secondary N) is 1. The number of aromatic amines is 1. The Morgan fingerprint density at radius 2 is 2.18 bits per heavy atom. The van der Waals surface area contributed by atoms with E-state index in [9.17, 15) is 4.79 Å². The number of ether oxygens (including phenoxy) is 1. The lowest BCUT2D eigenvalue weighted by atomic mass is 10.1. The topological polar surface area (TPSA) is 81.0 Å². The zero-order valence-corrected chi connectivity index (χ0v) is 9.78. The number of nitrogens with two attached hydrogens (primary N) is 1. The van der Waals surface area contributed by atoms with Crippen LogP contribution in [0.15, 0.2) is 29.1 Å². The molecule has 2 aromatic rings. The smallest absolute Gasteiger partial charge is 0.252 e. The van der Waals surface area contributed by atoms with Crippen molar-refractivity contribution in [3.63, 3.8) is 0 Å². The molecule has 0 amide bonds. The van der Waals surface area contributed by atoms with Crippen molar-refractivity contribution in [1.29, 1.82) is 0 Å². The molecule has 0 saturated heterocycles. The lowest BCUT2D eigenvalue weighted by Gasteiger charge is -2.08. The van der Waals surface area contributed by atoms with Crippen LogP contribution in [-0.4, -0.2) is 17.1 Å². The highest BCUT2D eigenvalue weighted by Crippen LogP contribution is 2.30. The van der Waals surface area contributed by atoms with Crippen LogP contribution in [0.5, 0.6) is 5.75 Å². The molecule has 0 atom stereocenters. The zero-order chi connectivity index (χ0) is 12.4. The Bertz CT molecular complexity index is 610. The number of halogens is 1. The Morgan fingerprint density at radius 3 is 2.82 bits per heavy atom. The van der Waals surface area contributed by atoms with Gasteiger partial charge in [-0.3, -0.25) is 9.78 Å². The zero-order valence-electron chi connectivity index (χ0n) is 9.03. The van der Waals surface area contributed by atoms with Crippen LogP contribution in [0.4, 0.5) is 5.95 Å². The monoisotopic (exact) mass is 251 g/mol. The molecule has 0 aliphatic rings. The number of benzene rings is 1. The average molecular weight is 252 g/mol. The number of methoxy groups -OCH3 is 1. The summed E-state index contributed by atoms with van der Waals surface area (Å²) in [5, 5.41) is 0.529. The van der Waals surface area contributed by atoms with E-state index in [0.29, 0.717) is 22.0 Å². The summed E-state index contributed by atoms with van der Waals surface area (Å²) in [6, 6.07) is 6.41. The van der Waals surface area contributed by atoms with Crippen LogP contribution in [0, 0.1) is 0 Å². The summed E-state index contributed by atoms with van der Waals surface area (Å²) < 4.78 is 5.18. The van der Waals surface area contributed by atoms with Gasteiger partial charge in [0.1, 0.15) is 5.75 Å². The van der Waals surface area contributed by atoms with Gasteiger partial charge in [-0.05, 0) is 18.2 Å². The average Bonchev–Trinajstić information content (AvgIpc) is 2.27. The molecule has 6 heteroatoms. The summed E-state index contributed by atoms with van der Waals surface area (Å²) in [5.41, 5.74) is 6.21. The first-order chi connectivity index (χ1) is 8.10. The van der Waals surface area contributed by atoms with E-state index < -0.39 is 0 Å². The second kappa shape index (κ2) is 4.47. The minimum absolute atomic E-state index is 0.0505. The molecule has 0 aliphatic carbocycles. The van der Waals surface area contributed by atoms with Gasteiger partial charge in [0.05, 0.1) is 12.8 Å². The molecule has 0 unspecified atom stereocenters. The predicted molar refractivity (Wildman–Crippen MR) is 66.3 cm³/mol. The molecule has 17 heavy (non-hydrogen) atoms. The number of hydrogen-bond acceptors (Lipinski definition) is 4. The van der Waals surface area contributed by atoms with E-state index in [-0.39, 0.29) is 11.5 Å². The fourth-order valence-corrected chi connectivity index (χ4v) is 1.67. The Labute approximate surface area is 102 Å². The molecule has 1 aromatic heterocycles. The minimum Gasteiger partial charge on any atom is -0.496 e. The lowest BCUT2D eigenvalue weighted by Crippen LogP contribution is -2.10. The lowest BCUT2D eigenvalue weighted by molar-refractivity contribution is 0.416. The van der Waals surface area contributed by atoms with E-state index in [2.05, 4.69) is 9.97 Å². The van der Waals surface area contributed by atoms with Crippen molar-refractivity contribution in [2.75, 3.05) is 12.8 Å². The van der Waals surface area contributed by atoms with Crippen molar-refractivity contribution < 1.29 is 4.74 Å². The third kappa shape index (κ3) is 2.39. The Balaban J connectivity index is 2.66. The Hall–Kier alpha value is -2.01. The largest absolute Gasteiger partial charge is 0.496 e. The maximum absolute atomic E-state index is 11.3. The molecule has 3 N–H and O–H groups in total. The van der Waals surface area contributed by atoms with Crippen LogP contribution in [0.1, 0.15) is 0 Å². The van der Waals surface area contributed by atoms with Gasteiger partial charge in [0.2, 0.25) is 5.95 Å². The molecule has 0 saturated carbocycles. The minimum atomic E-state index is -0.325. The van der Waals surface area contributed by atoms with E-state index in [1.807, 2.05) is 0 Å². The summed E-state index contributed by atoms with van der Waals surface area (Å²) in [5.74, 6) is 0.626. The Kier molecular flexibility index (Phi) is 3.01. The van der Waals surface area contributed by atoms with Crippen molar-refractivity contribution >= 4 is 17.5 Å². The van der Waals surface area contributed by atoms with Crippen LogP contribution in [0.2, 0.25) is 5.02 Å². The highest BCUT2D eigenvalue weighted by molar-refractivity contribution is 6.30. The highest BCUT2D eigenvalue weighted by atomic mass is 35.5. The molecule has 2 rings (SSSR count). The summed E-state index contributed by atoms with van der Waals surface area (Å²) in [7, 11) is 1.53. The Morgan fingerprint density at radius 1 is 1.41 bits per heavy atom. The molecule has 88 valence electrons. The van der Waals surface area contributed by atoms with E-state index in [1.165, 1.54) is 13.2 Å². The van der Waals surface area contributed by atoms with Crippen LogP contribution in [0.3, 0.4) is 0 Å². The van der Waals surface area contributed by atoms with Crippen LogP contribution < -0.4 is 16.0 Å². The first-order valence-corrected chi connectivity index (χ1v) is 5.18. The van der Waals surface area contributed by atoms with Gasteiger partial charge in [0.15, 0.2) is 0 Å². The van der Waals surface area contributed by atoms with E-state index in [0.717, 1.165) is 0 Å². The first kappa shape index (κ1) is 11.5. The number of rotatable bonds is 2. The van der Waals surface area contributed by atoms with Gasteiger partial charge in [0.25, 0.3) is 5.56 Å². The number of nitrogen functional groups attached to an aromatic ring is 1. The van der Waals surface area contributed by atoms with Crippen molar-refractivity contribution in [3.05, 3.63) is 39.6 Å². The molecule has 0 spiro atoms. The van der Waals surface area contributed by atoms with Crippen LogP contribution >= 0.6 is 11.6 Å². The van der Waals surface area contributed by atoms with Gasteiger partial charge in [-0.1, -0.05) is 11.6 Å². The van der Waals surface area contributed by atoms with Crippen molar-refractivity contribution in [2.45, 2.75) is 0 Å². The number of H-pyrrole nitrogens is 1. The standard InChI is InChI=1S/C11H10ClN3O2/c1-17-9-3-2-6(12)4-7(9)8-5-10(16)15-11(13)14-8/h2-5H,1H3,(H3,13,14,15,16). The van der Waals surface area contributed by atoms with Crippen LogP contribution in [-0.2, 0) is 0 Å². The van der Waals surface area contributed by atoms with E-state index in [1.54, 1.807) is 18.2 Å². The molecule has 0 bridgehead atoms. The fraction of sp³-hybridized carbons (Fsp3) is 0.0909. The van der Waals surface area contributed by atoms with Gasteiger partial charge >= 0.3 is 0 Å². The molecule has 0 radical (unpaired) electrons. The molecule has 0 fully saturated rings. The molecular weight excluding hydrogens is 242 g/mol. The van der Waals surface area contributed by atoms with Crippen molar-refractivity contribution in [2.24, 2.45) is 0 Å². The molecule has 1 heterocycles. The van der Waals surface area contributed by atoms with Crippen LogP contribution in [0.25, 0.3) is 11.3 Å². The summed E-state index contributed by atoms with van der Waals surface area (Å²) in [4.78, 5) is 17.7. The predicted octanol–water partition coefficient (Wildman–Crippen LogP) is 1.68. The van der Waals surface area contributed by atoms with Gasteiger partial charge in [-0.15, -0.1) is 0 Å². The number of hydrogen-bond donors (Lipinski definition) is 2. The van der Waals surface area contributed by atoms with Gasteiger partial charge < -0.3 is 10.5 Å². The second-order valence-corrected chi connectivity index (χ2v) is 3.80. The summed E-state index contributed by atoms with van der Waals surface area (Å²) in [6.07, 6.45) is 0. The molecule has 0 aliphatic heterocycles. The third-order valence-electron chi connectivity index (χ3n) is 2.20. The summed E-state index contributed by atoms with van der Waals surface area (Å²) in [6.45, 7) is 0. The maximum atomic E-state index is 11.3. The highest BCUT2D eigenvalue weighted by Gasteiger charge is 2.09. The van der Waals surface area contributed by atoms with E-state index >= 15 is 0 Å². The number of aromatic nitrogens is 2. The van der Waals surface area contributed by atoms with Gasteiger partial charge in [-0.25, -0.2) is 4.98 Å². The van der Waals surface area contributed by atoms with Crippen molar-refractivity contribution in [1.82, 2.24) is 9.97 Å². The fourth-order valence-electron chi connectivity index (χ4n) is 1.49. The first-order valence-electron chi connectivity index (χ1n) is 4.81. The molecule has 5 nitrogen and oxygen atoms in total. The van der Waals surface area contributed by atoms with Crippen molar-refractivity contribution in [3.8, 4) is 17.0 Å². The number of nitrogens with zero attached hydrogens (tertiary/aromatic N) is 1. The SMILES string of the molecule is COc1ccc(Cl)cc1-c1cc(=O)[nH]c(N)n1.